The molecule has 0 aliphatic heterocycles. The van der Waals surface area contributed by atoms with Crippen LogP contribution in [0.25, 0.3) is 0 Å². The summed E-state index contributed by atoms with van der Waals surface area (Å²) in [5.74, 6) is 0. The van der Waals surface area contributed by atoms with Gasteiger partial charge in [0.05, 0.1) is 0 Å². The fourth-order valence-corrected chi connectivity index (χ4v) is 3.35. The van der Waals surface area contributed by atoms with E-state index in [9.17, 15) is 0 Å². The number of hydrogen-bond donors (Lipinski definition) is 0. The van der Waals surface area contributed by atoms with Crippen molar-refractivity contribution in [3.05, 3.63) is 59.2 Å². The van der Waals surface area contributed by atoms with Gasteiger partial charge in [0.25, 0.3) is 0 Å². The zero-order valence-electron chi connectivity index (χ0n) is 19.8. The van der Waals surface area contributed by atoms with Crippen molar-refractivity contribution in [3.8, 4) is 0 Å². The summed E-state index contributed by atoms with van der Waals surface area (Å²) in [6, 6.07) is 8.84. The molecule has 0 saturated carbocycles. The Morgan fingerprint density at radius 3 is 1.75 bits per heavy atom. The van der Waals surface area contributed by atoms with E-state index in [0.717, 1.165) is 12.8 Å². The van der Waals surface area contributed by atoms with Crippen molar-refractivity contribution in [1.82, 2.24) is 9.97 Å². The van der Waals surface area contributed by atoms with Gasteiger partial charge >= 0.3 is 0 Å². The molecule has 0 radical (unpaired) electrons. The van der Waals surface area contributed by atoms with E-state index < -0.39 is 0 Å². The molecule has 2 heterocycles. The van der Waals surface area contributed by atoms with E-state index in [-0.39, 0.29) is 21.7 Å². The van der Waals surface area contributed by atoms with Gasteiger partial charge in [-0.05, 0) is 46.9 Å². The summed E-state index contributed by atoms with van der Waals surface area (Å²) in [7, 11) is 0. The predicted molar refractivity (Wildman–Crippen MR) is 121 cm³/mol. The minimum absolute atomic E-state index is 0.0353. The predicted octanol–water partition coefficient (Wildman–Crippen LogP) is 7.11. The number of nitrogens with zero attached hydrogens (tertiary/aromatic N) is 2. The first kappa shape index (κ1) is 22.6. The number of hydrogen-bond acceptors (Lipinski definition) is 2. The molecular formula is C26H40N2. The van der Waals surface area contributed by atoms with Crippen molar-refractivity contribution >= 4 is 0 Å². The molecule has 2 rings (SSSR count). The Kier molecular flexibility index (Phi) is 6.14. The Morgan fingerprint density at radius 1 is 0.643 bits per heavy atom. The normalized spacial score (nSPS) is 13.6. The number of aromatic nitrogens is 2. The Bertz CT molecular complexity index is 732. The van der Waals surface area contributed by atoms with Crippen molar-refractivity contribution in [1.29, 1.82) is 0 Å². The molecule has 0 fully saturated rings. The average Bonchev–Trinajstić information content (AvgIpc) is 2.59. The van der Waals surface area contributed by atoms with Crippen LogP contribution in [-0.2, 0) is 21.7 Å². The SMILES string of the molecule is CC(C)(C)c1cncc(C(C)(C)CCC(C)(C)c2cccc(C(C)(C)C)n2)c1. The lowest BCUT2D eigenvalue weighted by Crippen LogP contribution is -2.27. The van der Waals surface area contributed by atoms with Gasteiger partial charge in [-0.25, -0.2) is 0 Å². The average molecular weight is 381 g/mol. The maximum Gasteiger partial charge on any atom is 0.0463 e. The van der Waals surface area contributed by atoms with E-state index in [0.29, 0.717) is 0 Å². The molecule has 2 aromatic rings. The smallest absolute Gasteiger partial charge is 0.0463 e. The van der Waals surface area contributed by atoms with Crippen LogP contribution in [0, 0.1) is 0 Å². The molecule has 2 heteroatoms. The van der Waals surface area contributed by atoms with Crippen molar-refractivity contribution < 1.29 is 0 Å². The van der Waals surface area contributed by atoms with E-state index in [1.165, 1.54) is 22.5 Å². The fourth-order valence-electron chi connectivity index (χ4n) is 3.35. The topological polar surface area (TPSA) is 25.8 Å². The van der Waals surface area contributed by atoms with Crippen LogP contribution >= 0.6 is 0 Å². The van der Waals surface area contributed by atoms with E-state index in [4.69, 9.17) is 4.98 Å². The summed E-state index contributed by atoms with van der Waals surface area (Å²) in [6.07, 6.45) is 6.23. The summed E-state index contributed by atoms with van der Waals surface area (Å²) in [5.41, 5.74) is 5.29. The molecule has 0 N–H and O–H groups in total. The van der Waals surface area contributed by atoms with Gasteiger partial charge in [0, 0.05) is 34.6 Å². The zero-order valence-corrected chi connectivity index (χ0v) is 19.8. The largest absolute Gasteiger partial charge is 0.264 e. The molecule has 0 aromatic carbocycles. The van der Waals surface area contributed by atoms with Gasteiger partial charge in [-0.15, -0.1) is 0 Å². The van der Waals surface area contributed by atoms with Crippen molar-refractivity contribution in [2.75, 3.05) is 0 Å². The third kappa shape index (κ3) is 5.43. The second kappa shape index (κ2) is 7.61. The van der Waals surface area contributed by atoms with E-state index in [1.54, 1.807) is 0 Å². The molecule has 0 atom stereocenters. The minimum Gasteiger partial charge on any atom is -0.264 e. The van der Waals surface area contributed by atoms with Crippen LogP contribution in [-0.4, -0.2) is 9.97 Å². The number of pyridine rings is 2. The molecule has 0 amide bonds. The van der Waals surface area contributed by atoms with Crippen molar-refractivity contribution in [2.45, 2.75) is 104 Å². The van der Waals surface area contributed by atoms with Gasteiger partial charge in [-0.1, -0.05) is 81.4 Å². The summed E-state index contributed by atoms with van der Waals surface area (Å²) >= 11 is 0. The first-order valence-electron chi connectivity index (χ1n) is 10.6. The van der Waals surface area contributed by atoms with Crippen LogP contribution in [0.2, 0.25) is 0 Å². The monoisotopic (exact) mass is 380 g/mol. The quantitative estimate of drug-likeness (QED) is 0.552. The lowest BCUT2D eigenvalue weighted by atomic mass is 9.73. The van der Waals surface area contributed by atoms with Gasteiger partial charge in [0.1, 0.15) is 0 Å². The van der Waals surface area contributed by atoms with Gasteiger partial charge < -0.3 is 0 Å². The van der Waals surface area contributed by atoms with Crippen LogP contribution in [0.3, 0.4) is 0 Å². The molecule has 2 nitrogen and oxygen atoms in total. The fraction of sp³-hybridized carbons (Fsp3) is 0.615. The molecule has 0 aliphatic carbocycles. The zero-order chi connectivity index (χ0) is 21.4. The maximum atomic E-state index is 5.02. The Morgan fingerprint density at radius 2 is 1.18 bits per heavy atom. The maximum absolute atomic E-state index is 5.02. The Labute approximate surface area is 173 Å². The van der Waals surface area contributed by atoms with E-state index in [2.05, 4.69) is 98.5 Å². The van der Waals surface area contributed by atoms with Crippen LogP contribution in [0.1, 0.15) is 105 Å². The molecule has 154 valence electrons. The van der Waals surface area contributed by atoms with Crippen molar-refractivity contribution in [3.63, 3.8) is 0 Å². The van der Waals surface area contributed by atoms with Gasteiger partial charge in [0.2, 0.25) is 0 Å². The van der Waals surface area contributed by atoms with Gasteiger partial charge in [-0.3, -0.25) is 9.97 Å². The van der Waals surface area contributed by atoms with Crippen LogP contribution in [0.5, 0.6) is 0 Å². The second-order valence-electron chi connectivity index (χ2n) is 11.6. The molecule has 0 unspecified atom stereocenters. The summed E-state index contributed by atoms with van der Waals surface area (Å²) in [6.45, 7) is 22.7. The highest BCUT2D eigenvalue weighted by Gasteiger charge is 2.30. The third-order valence-corrected chi connectivity index (χ3v) is 5.97. The molecule has 0 bridgehead atoms. The Hall–Kier alpha value is -1.70. The first-order chi connectivity index (χ1) is 12.6. The van der Waals surface area contributed by atoms with Crippen LogP contribution in [0.15, 0.2) is 36.7 Å². The van der Waals surface area contributed by atoms with Crippen LogP contribution in [0.4, 0.5) is 0 Å². The van der Waals surface area contributed by atoms with E-state index >= 15 is 0 Å². The molecule has 0 saturated heterocycles. The van der Waals surface area contributed by atoms with Gasteiger partial charge in [-0.2, -0.15) is 0 Å². The van der Waals surface area contributed by atoms with Gasteiger partial charge in [0.15, 0.2) is 0 Å². The highest BCUT2D eigenvalue weighted by atomic mass is 14.8. The summed E-state index contributed by atoms with van der Waals surface area (Å²) in [4.78, 5) is 9.57. The molecule has 0 aliphatic rings. The molecule has 0 spiro atoms. The highest BCUT2D eigenvalue weighted by Crippen LogP contribution is 2.37. The van der Waals surface area contributed by atoms with Crippen LogP contribution < -0.4 is 0 Å². The lowest BCUT2D eigenvalue weighted by Gasteiger charge is -2.32. The summed E-state index contributed by atoms with van der Waals surface area (Å²) < 4.78 is 0. The standard InChI is InChI=1S/C26H40N2/c1-23(2,3)19-16-20(18-27-17-19)25(7,8)14-15-26(9,10)22-13-11-12-21(28-22)24(4,5)6/h11-13,16-18H,14-15H2,1-10H3. The molecule has 28 heavy (non-hydrogen) atoms. The van der Waals surface area contributed by atoms with Crippen molar-refractivity contribution in [2.24, 2.45) is 0 Å². The first-order valence-corrected chi connectivity index (χ1v) is 10.6. The highest BCUT2D eigenvalue weighted by molar-refractivity contribution is 5.29. The second-order valence-corrected chi connectivity index (χ2v) is 11.6. The molecular weight excluding hydrogens is 340 g/mol. The Balaban J connectivity index is 2.22. The lowest BCUT2D eigenvalue weighted by molar-refractivity contribution is 0.366. The minimum atomic E-state index is 0.0353. The number of rotatable bonds is 5. The summed E-state index contributed by atoms with van der Waals surface area (Å²) in [5, 5.41) is 0. The third-order valence-electron chi connectivity index (χ3n) is 5.97. The molecule has 2 aromatic heterocycles. The van der Waals surface area contributed by atoms with E-state index in [1.807, 2.05) is 12.4 Å².